The molecule has 7 rings (SSSR count). The van der Waals surface area contributed by atoms with Crippen LogP contribution in [-0.4, -0.2) is 118 Å². The predicted octanol–water partition coefficient (Wildman–Crippen LogP) is 5.12. The molecule has 0 spiro atoms. The van der Waals surface area contributed by atoms with Crippen LogP contribution in [0.5, 0.6) is 0 Å². The number of carbonyl (C=O) groups excluding carboxylic acids is 5. The molecule has 18 heteroatoms. The zero-order valence-corrected chi connectivity index (χ0v) is 48.0. The van der Waals surface area contributed by atoms with E-state index in [2.05, 4.69) is 5.32 Å². The third kappa shape index (κ3) is 10.0. The van der Waals surface area contributed by atoms with Crippen molar-refractivity contribution in [2.45, 2.75) is 101 Å². The van der Waals surface area contributed by atoms with Crippen LogP contribution in [0.4, 0.5) is 4.79 Å². The number of fused-ring (bicyclic) bond motifs is 5. The molecule has 3 aliphatic carbocycles. The summed E-state index contributed by atoms with van der Waals surface area (Å²) < 4.78 is 35.6. The third-order valence-electron chi connectivity index (χ3n) is 13.7. The number of Topliss-reactive ketones (excluding diaryl/α,β-unsaturated/α-hetero) is 1. The van der Waals surface area contributed by atoms with Gasteiger partial charge in [0.1, 0.15) is 35.6 Å². The van der Waals surface area contributed by atoms with E-state index in [0.717, 1.165) is 0 Å². The number of carbonyl (C=O) groups is 5. The summed E-state index contributed by atoms with van der Waals surface area (Å²) in [7, 11) is 0. The molecule has 3 fully saturated rings. The van der Waals surface area contributed by atoms with Gasteiger partial charge >= 0.3 is 18.1 Å². The first kappa shape index (κ1) is 54.7. The molecule has 2 bridgehead atoms. The van der Waals surface area contributed by atoms with Gasteiger partial charge < -0.3 is 49.1 Å². The fourth-order valence-electron chi connectivity index (χ4n) is 10.3. The van der Waals surface area contributed by atoms with Crippen molar-refractivity contribution < 1.29 is 156 Å². The Balaban J connectivity index is 0.00000408. The number of aliphatic hydroxyl groups is 3. The van der Waals surface area contributed by atoms with Crippen LogP contribution in [-0.2, 0) is 38.0 Å². The molecule has 348 valence electrons. The van der Waals surface area contributed by atoms with Crippen molar-refractivity contribution in [3.8, 4) is 0 Å². The van der Waals surface area contributed by atoms with E-state index < -0.39 is 107 Å². The van der Waals surface area contributed by atoms with Gasteiger partial charge in [-0.3, -0.25) is 9.59 Å². The van der Waals surface area contributed by atoms with E-state index in [9.17, 15) is 34.5 Å². The maximum absolute atomic E-state index is 15.3. The summed E-state index contributed by atoms with van der Waals surface area (Å²) in [5, 5.41) is 41.6. The topological polar surface area (TPSA) is 213 Å². The molecule has 15 nitrogen and oxygen atoms in total. The Morgan fingerprint density at radius 3 is 2.05 bits per heavy atom. The number of amides is 1. The average molecular weight is 1360 g/mol. The number of hydrogen-bond donors (Lipinski definition) is 4. The zero-order chi connectivity index (χ0) is 46.2. The molecular weight excluding hydrogens is 1300 g/mol. The second-order valence-corrected chi connectivity index (χ2v) is 18.3. The monoisotopic (exact) mass is 1360 g/mol. The van der Waals surface area contributed by atoms with Crippen molar-refractivity contribution in [2.24, 2.45) is 16.7 Å². The van der Waals surface area contributed by atoms with E-state index in [4.69, 9.17) is 28.4 Å². The van der Waals surface area contributed by atoms with Gasteiger partial charge in [-0.2, -0.15) is 0 Å². The Morgan fingerprint density at radius 2 is 1.48 bits per heavy atom. The molecule has 0 aromatic heterocycles. The summed E-state index contributed by atoms with van der Waals surface area (Å²) in [4.78, 5) is 71.2. The number of aliphatic hydroxyl groups excluding tert-OH is 1. The number of esters is 2. The van der Waals surface area contributed by atoms with Crippen LogP contribution < -0.4 is 5.32 Å². The molecule has 2 radical (unpaired) electrons. The van der Waals surface area contributed by atoms with Gasteiger partial charge in [0.05, 0.1) is 42.3 Å². The quantitative estimate of drug-likeness (QED) is 0.0757. The molecule has 3 aromatic carbocycles. The van der Waals surface area contributed by atoms with Gasteiger partial charge in [-0.25, -0.2) is 14.4 Å². The molecule has 2 saturated carbocycles. The summed E-state index contributed by atoms with van der Waals surface area (Å²) in [6.07, 6.45) is -8.80. The van der Waals surface area contributed by atoms with E-state index in [-0.39, 0.29) is 136 Å². The molecule has 9 unspecified atom stereocenters. The third-order valence-corrected chi connectivity index (χ3v) is 14.1. The van der Waals surface area contributed by atoms with Crippen molar-refractivity contribution >= 4 is 41.5 Å². The second-order valence-electron chi connectivity index (χ2n) is 17.5. The van der Waals surface area contributed by atoms with Crippen LogP contribution >= 0.6 is 11.8 Å². The van der Waals surface area contributed by atoms with Gasteiger partial charge in [0, 0.05) is 118 Å². The van der Waals surface area contributed by atoms with E-state index in [1.165, 1.54) is 23.9 Å². The van der Waals surface area contributed by atoms with Crippen LogP contribution in [0.25, 0.3) is 0 Å². The summed E-state index contributed by atoms with van der Waals surface area (Å²) in [6, 6.07) is 23.1. The standard InChI is InChI=1S/C48H55NO14S.2Ac/c1-7-58-44(55)62-37(35(28-17-11-8-12-18-28)49-41(52)29-19-13-9-14-20-29)43(54)61-31-24-48(57)40(63-42(53)30-21-15-10-16-22-30)38-46(5,39(51)36(50)34(27(31)2)45(48,3)4)32(60-26-64-6)23-33-47(38,56)25-59-33;;/h8-22,31-33,35-38,40,50,56-57H,7,23-26H2,1-6H3,(H,49,52);;/t31?,32?,33?,35?,36?,37?,38?,40?,46-,47+,48?;;/m1../s1. The number of benzene rings is 3. The van der Waals surface area contributed by atoms with Crippen LogP contribution in [0.3, 0.4) is 0 Å². The summed E-state index contributed by atoms with van der Waals surface area (Å²) in [6.45, 7) is 7.44. The van der Waals surface area contributed by atoms with E-state index in [1.807, 2.05) is 6.26 Å². The average Bonchev–Trinajstić information content (AvgIpc) is 3.28. The van der Waals surface area contributed by atoms with Crippen LogP contribution in [0, 0.1) is 105 Å². The van der Waals surface area contributed by atoms with Crippen LogP contribution in [0.2, 0.25) is 0 Å². The number of ketones is 1. The molecule has 1 amide bonds. The van der Waals surface area contributed by atoms with Crippen molar-refractivity contribution in [1.29, 1.82) is 0 Å². The van der Waals surface area contributed by atoms with Gasteiger partial charge in [-0.15, -0.1) is 11.8 Å². The van der Waals surface area contributed by atoms with Crippen LogP contribution in [0.15, 0.2) is 102 Å². The molecular formula is C48H55Ac2NO14S. The number of nitrogens with one attached hydrogen (secondary N) is 1. The van der Waals surface area contributed by atoms with E-state index in [0.29, 0.717) is 5.56 Å². The molecule has 1 heterocycles. The summed E-state index contributed by atoms with van der Waals surface area (Å²) in [5.41, 5.74) is -6.68. The van der Waals surface area contributed by atoms with E-state index >= 15 is 4.79 Å². The minimum Gasteiger partial charge on any atom is -0.455 e. The Bertz CT molecular complexity index is 2270. The maximum Gasteiger partial charge on any atom is 0.509 e. The summed E-state index contributed by atoms with van der Waals surface area (Å²) >= 11 is 1.35. The smallest absolute Gasteiger partial charge is 0.455 e. The SMILES string of the molecule is CCOC(=O)OC(C(=O)OC1CC2(O)C(OC(=O)c3ccccc3)C3[C@]4(O)COC4CC(OCSC)[C@@]3(C)C(=O)C(O)C(=C1C)C2(C)C)C(NC(=O)c1ccccc1)c1ccccc1.[Ac].[Ac]. The van der Waals surface area contributed by atoms with Gasteiger partial charge in [-0.1, -0.05) is 80.6 Å². The Labute approximate surface area is 459 Å². The molecule has 1 aliphatic heterocycles. The number of thioether (sulfide) groups is 1. The first-order valence-electron chi connectivity index (χ1n) is 21.2. The van der Waals surface area contributed by atoms with Crippen molar-refractivity contribution in [1.82, 2.24) is 5.32 Å². The Hall–Kier alpha value is -2.22. The molecule has 4 N–H and O–H groups in total. The first-order valence-corrected chi connectivity index (χ1v) is 22.6. The Morgan fingerprint density at radius 1 is 0.894 bits per heavy atom. The number of rotatable bonds is 13. The molecule has 11 atom stereocenters. The van der Waals surface area contributed by atoms with Crippen molar-refractivity contribution in [2.75, 3.05) is 25.4 Å². The van der Waals surface area contributed by atoms with Crippen molar-refractivity contribution in [3.63, 3.8) is 0 Å². The second kappa shape index (κ2) is 22.2. The fourth-order valence-corrected chi connectivity index (χ4v) is 10.6. The fraction of sp³-hybridized carbons (Fsp3) is 0.479. The minimum atomic E-state index is -2.32. The largest absolute Gasteiger partial charge is 0.509 e. The normalized spacial score (nSPS) is 30.3. The molecule has 1 saturated heterocycles. The van der Waals surface area contributed by atoms with Gasteiger partial charge in [0.2, 0.25) is 6.10 Å². The maximum atomic E-state index is 15.3. The minimum absolute atomic E-state index is 0. The number of hydrogen-bond acceptors (Lipinski definition) is 15. The van der Waals surface area contributed by atoms with Gasteiger partial charge in [0.15, 0.2) is 5.78 Å². The van der Waals surface area contributed by atoms with E-state index in [1.54, 1.807) is 113 Å². The number of ether oxygens (including phenoxy) is 6. The predicted molar refractivity (Wildman–Crippen MR) is 232 cm³/mol. The molecule has 66 heavy (non-hydrogen) atoms. The van der Waals surface area contributed by atoms with Crippen LogP contribution in [0.1, 0.15) is 79.8 Å². The van der Waals surface area contributed by atoms with Gasteiger partial charge in [0.25, 0.3) is 5.91 Å². The van der Waals surface area contributed by atoms with Crippen molar-refractivity contribution in [3.05, 3.63) is 119 Å². The first-order chi connectivity index (χ1) is 30.4. The van der Waals surface area contributed by atoms with Gasteiger partial charge in [-0.05, 0) is 68.0 Å². The zero-order valence-electron chi connectivity index (χ0n) is 37.7. The summed E-state index contributed by atoms with van der Waals surface area (Å²) in [5.74, 6) is -4.74. The molecule has 3 aromatic rings. The molecule has 4 aliphatic rings. The Kier molecular flexibility index (Phi) is 18.4.